The summed E-state index contributed by atoms with van der Waals surface area (Å²) in [7, 11) is 1.57. The Morgan fingerprint density at radius 3 is 1.60 bits per heavy atom. The number of hydrogen-bond acceptors (Lipinski definition) is 7. The van der Waals surface area contributed by atoms with E-state index in [-0.39, 0.29) is 12.1 Å². The number of nitrogens with zero attached hydrogens (tertiary/aromatic N) is 5. The molecule has 4 amide bonds. The first-order valence-electron chi connectivity index (χ1n) is 10.8. The molecule has 4 N–H and O–H groups in total. The topological polar surface area (TPSA) is 121 Å². The maximum atomic E-state index is 11.8. The lowest BCUT2D eigenvalue weighted by Crippen LogP contribution is -2.51. The van der Waals surface area contributed by atoms with Gasteiger partial charge in [-0.1, -0.05) is 13.8 Å². The first kappa shape index (κ1) is 26.4. The highest BCUT2D eigenvalue weighted by atomic mass is 16.5. The minimum atomic E-state index is -0.335. The van der Waals surface area contributed by atoms with E-state index in [0.29, 0.717) is 13.3 Å². The number of primary amides is 1. The summed E-state index contributed by atoms with van der Waals surface area (Å²) in [5.74, 6) is 5.47. The van der Waals surface area contributed by atoms with Crippen molar-refractivity contribution >= 4 is 12.1 Å². The maximum absolute atomic E-state index is 11.8. The molecule has 0 spiro atoms. The van der Waals surface area contributed by atoms with Crippen LogP contribution in [0.2, 0.25) is 0 Å². The van der Waals surface area contributed by atoms with Crippen LogP contribution in [-0.2, 0) is 9.47 Å². The lowest BCUT2D eigenvalue weighted by Gasteiger charge is -2.33. The van der Waals surface area contributed by atoms with Crippen LogP contribution in [0.5, 0.6) is 0 Å². The molecule has 0 bridgehead atoms. The van der Waals surface area contributed by atoms with Gasteiger partial charge in [0.15, 0.2) is 0 Å². The maximum Gasteiger partial charge on any atom is 0.334 e. The van der Waals surface area contributed by atoms with Gasteiger partial charge in [-0.05, 0) is 12.8 Å². The zero-order valence-electron chi connectivity index (χ0n) is 18.9. The Hall–Kier alpha value is -1.66. The third kappa shape index (κ3) is 10.4. The number of rotatable bonds is 8. The van der Waals surface area contributed by atoms with Crippen LogP contribution in [0.1, 0.15) is 26.7 Å². The van der Waals surface area contributed by atoms with E-state index in [1.54, 1.807) is 16.8 Å². The van der Waals surface area contributed by atoms with Gasteiger partial charge in [-0.15, -0.1) is 0 Å². The molecule has 0 saturated carbocycles. The largest absolute Gasteiger partial charge is 0.379 e. The molecule has 2 heterocycles. The molecule has 11 nitrogen and oxygen atoms in total. The molecule has 0 aromatic carbocycles. The van der Waals surface area contributed by atoms with E-state index in [9.17, 15) is 9.59 Å². The van der Waals surface area contributed by atoms with Gasteiger partial charge in [-0.25, -0.2) is 15.4 Å². The highest BCUT2D eigenvalue weighted by molar-refractivity contribution is 5.73. The van der Waals surface area contributed by atoms with Gasteiger partial charge in [0.2, 0.25) is 0 Å². The van der Waals surface area contributed by atoms with E-state index in [1.165, 1.54) is 0 Å². The van der Waals surface area contributed by atoms with E-state index < -0.39 is 0 Å². The molecule has 0 radical (unpaired) electrons. The van der Waals surface area contributed by atoms with Crippen molar-refractivity contribution in [3.63, 3.8) is 0 Å². The van der Waals surface area contributed by atoms with Crippen LogP contribution >= 0.6 is 0 Å². The summed E-state index contributed by atoms with van der Waals surface area (Å²) in [6, 6.07) is -0.466. The molecule has 0 aliphatic carbocycles. The standard InChI is InChI=1S/C10H22N4O2.C9H19N3O2/c1-3-4-14(10(15)12(2)11)9-13-5-7-16-8-6-13;1-2-3-12(9(10)13)8-11-4-6-14-7-5-11/h3-9,11H2,1-2H3;2-8H2,1H3,(H2,10,13). The van der Waals surface area contributed by atoms with Crippen LogP contribution < -0.4 is 11.6 Å². The quantitative estimate of drug-likeness (QED) is 0.315. The van der Waals surface area contributed by atoms with Crippen molar-refractivity contribution in [1.82, 2.24) is 24.6 Å². The van der Waals surface area contributed by atoms with E-state index in [1.807, 2.05) is 6.92 Å². The molecule has 2 fully saturated rings. The molecule has 30 heavy (non-hydrogen) atoms. The van der Waals surface area contributed by atoms with Crippen molar-refractivity contribution < 1.29 is 19.1 Å². The SMILES string of the molecule is CCCN(CN1CCOCC1)C(=O)N(C)N.CCCN(CN1CCOCC1)C(N)=O. The summed E-state index contributed by atoms with van der Waals surface area (Å²) < 4.78 is 10.5. The average molecular weight is 432 g/mol. The highest BCUT2D eigenvalue weighted by Crippen LogP contribution is 2.03. The Labute approximate surface area is 180 Å². The van der Waals surface area contributed by atoms with Crippen LogP contribution in [0.4, 0.5) is 9.59 Å². The summed E-state index contributed by atoms with van der Waals surface area (Å²) in [6.45, 7) is 13.3. The van der Waals surface area contributed by atoms with E-state index >= 15 is 0 Å². The number of urea groups is 2. The number of nitrogens with two attached hydrogens (primary N) is 2. The number of carbonyl (C=O) groups excluding carboxylic acids is 2. The number of hydrogen-bond donors (Lipinski definition) is 2. The summed E-state index contributed by atoms with van der Waals surface area (Å²) in [5, 5.41) is 1.14. The fraction of sp³-hybridized carbons (Fsp3) is 0.895. The van der Waals surface area contributed by atoms with Crippen LogP contribution in [0, 0.1) is 0 Å². The summed E-state index contributed by atoms with van der Waals surface area (Å²) >= 11 is 0. The van der Waals surface area contributed by atoms with Crippen LogP contribution in [-0.4, -0.2) is 123 Å². The van der Waals surface area contributed by atoms with Crippen molar-refractivity contribution in [3.05, 3.63) is 0 Å². The second kappa shape index (κ2) is 15.2. The molecule has 2 rings (SSSR count). The van der Waals surface area contributed by atoms with Gasteiger partial charge < -0.3 is 25.0 Å². The van der Waals surface area contributed by atoms with Gasteiger partial charge in [0.05, 0.1) is 39.8 Å². The summed E-state index contributed by atoms with van der Waals surface area (Å²) in [6.07, 6.45) is 1.87. The molecule has 2 saturated heterocycles. The Morgan fingerprint density at radius 1 is 0.833 bits per heavy atom. The van der Waals surface area contributed by atoms with E-state index in [2.05, 4.69) is 16.7 Å². The third-order valence-corrected chi connectivity index (χ3v) is 4.82. The fourth-order valence-electron chi connectivity index (χ4n) is 3.21. The monoisotopic (exact) mass is 431 g/mol. The first-order chi connectivity index (χ1) is 14.4. The molecule has 176 valence electrons. The minimum Gasteiger partial charge on any atom is -0.379 e. The van der Waals surface area contributed by atoms with Crippen LogP contribution in [0.15, 0.2) is 0 Å². The van der Waals surface area contributed by atoms with E-state index in [4.69, 9.17) is 21.1 Å². The van der Waals surface area contributed by atoms with Gasteiger partial charge in [0.1, 0.15) is 0 Å². The number of morpholine rings is 2. The lowest BCUT2D eigenvalue weighted by molar-refractivity contribution is 0.0143. The van der Waals surface area contributed by atoms with Crippen molar-refractivity contribution in [2.45, 2.75) is 26.7 Å². The number of carbonyl (C=O) groups is 2. The Kier molecular flexibility index (Phi) is 13.4. The number of ether oxygens (including phenoxy) is 2. The third-order valence-electron chi connectivity index (χ3n) is 4.82. The normalized spacial score (nSPS) is 17.6. The zero-order valence-corrected chi connectivity index (χ0v) is 18.9. The van der Waals surface area contributed by atoms with Gasteiger partial charge in [0.25, 0.3) is 0 Å². The predicted octanol–water partition coefficient (Wildman–Crippen LogP) is -0.0196. The summed E-state index contributed by atoms with van der Waals surface area (Å²) in [5.41, 5.74) is 5.27. The predicted molar refractivity (Wildman–Crippen MR) is 115 cm³/mol. The van der Waals surface area contributed by atoms with Gasteiger partial charge in [-0.3, -0.25) is 14.8 Å². The zero-order chi connectivity index (χ0) is 22.4. The average Bonchev–Trinajstić information content (AvgIpc) is 2.74. The number of hydrazine groups is 1. The van der Waals surface area contributed by atoms with Crippen LogP contribution in [0.3, 0.4) is 0 Å². The molecule has 0 unspecified atom stereocenters. The Balaban J connectivity index is 0.000000303. The van der Waals surface area contributed by atoms with Gasteiger partial charge in [-0.2, -0.15) is 0 Å². The smallest absolute Gasteiger partial charge is 0.334 e. The fourth-order valence-corrected chi connectivity index (χ4v) is 3.21. The molecule has 0 aromatic rings. The van der Waals surface area contributed by atoms with Crippen molar-refractivity contribution in [2.24, 2.45) is 11.6 Å². The van der Waals surface area contributed by atoms with Crippen molar-refractivity contribution in [1.29, 1.82) is 0 Å². The highest BCUT2D eigenvalue weighted by Gasteiger charge is 2.20. The lowest BCUT2D eigenvalue weighted by atomic mass is 10.4. The first-order valence-corrected chi connectivity index (χ1v) is 10.8. The molecule has 0 aromatic heterocycles. The molecule has 2 aliphatic heterocycles. The number of amides is 4. The van der Waals surface area contributed by atoms with Crippen molar-refractivity contribution in [3.8, 4) is 0 Å². The molecule has 0 atom stereocenters. The Morgan fingerprint density at radius 2 is 1.23 bits per heavy atom. The van der Waals surface area contributed by atoms with Gasteiger partial charge >= 0.3 is 12.1 Å². The molecule has 11 heteroatoms. The van der Waals surface area contributed by atoms with Gasteiger partial charge in [0, 0.05) is 46.3 Å². The Bertz CT molecular complexity index is 484. The molecular weight excluding hydrogens is 390 g/mol. The summed E-state index contributed by atoms with van der Waals surface area (Å²) in [4.78, 5) is 30.7. The second-order valence-electron chi connectivity index (χ2n) is 7.50. The van der Waals surface area contributed by atoms with E-state index in [0.717, 1.165) is 83.5 Å². The van der Waals surface area contributed by atoms with Crippen molar-refractivity contribution in [2.75, 3.05) is 86.1 Å². The molecule has 2 aliphatic rings. The van der Waals surface area contributed by atoms with Crippen LogP contribution in [0.25, 0.3) is 0 Å². The molecular formula is C19H41N7O4. The minimum absolute atomic E-state index is 0.131. The second-order valence-corrected chi connectivity index (χ2v) is 7.50.